The van der Waals surface area contributed by atoms with E-state index in [0.29, 0.717) is 11.6 Å². The van der Waals surface area contributed by atoms with Crippen LogP contribution in [0.25, 0.3) is 178 Å². The van der Waals surface area contributed by atoms with Gasteiger partial charge in [-0.05, 0) is 162 Å². The predicted octanol–water partition coefficient (Wildman–Crippen LogP) is 23.3. The Morgan fingerprint density at radius 2 is 0.550 bits per heavy atom. The SMILES string of the molecule is c1ccc(-c2ccc(-c3nc(-c4ccc(-n5c6ccccc6c6cc7ccn(-c8ccccc8)c7cc65)cc4)nc4ccccc34)cc2)cc1.c1ccc(-c2cccc(-c3nc(-c4ccc(-n5c6ccccc6c6cc7ccn(-c8ccccc8)c7cc65)cc4)nc4ccccc34)c2)cc1. The monoisotopic (exact) mass is 1280 g/mol. The number of aromatic nitrogens is 8. The Bertz CT molecular complexity index is 6470. The van der Waals surface area contributed by atoms with Gasteiger partial charge in [0.1, 0.15) is 0 Å². The molecule has 6 heterocycles. The minimum atomic E-state index is 0.708. The summed E-state index contributed by atoms with van der Waals surface area (Å²) in [5, 5.41) is 9.47. The van der Waals surface area contributed by atoms with Crippen LogP contribution in [0.2, 0.25) is 0 Å². The van der Waals surface area contributed by atoms with E-state index in [1.807, 2.05) is 24.3 Å². The second-order valence-corrected chi connectivity index (χ2v) is 25.4. The van der Waals surface area contributed by atoms with E-state index in [0.717, 1.165) is 83.8 Å². The molecule has 0 aliphatic heterocycles. The highest BCUT2D eigenvalue weighted by atomic mass is 15.0. The van der Waals surface area contributed by atoms with Crippen LogP contribution < -0.4 is 0 Å². The van der Waals surface area contributed by atoms with Crippen molar-refractivity contribution in [3.8, 4) is 90.3 Å². The molecule has 0 amide bonds. The first kappa shape index (κ1) is 57.9. The summed E-state index contributed by atoms with van der Waals surface area (Å²) in [6.07, 6.45) is 4.33. The molecule has 0 radical (unpaired) electrons. The van der Waals surface area contributed by atoms with Gasteiger partial charge >= 0.3 is 0 Å². The van der Waals surface area contributed by atoms with E-state index < -0.39 is 0 Å². The lowest BCUT2D eigenvalue weighted by atomic mass is 9.99. The summed E-state index contributed by atoms with van der Waals surface area (Å²) in [7, 11) is 0. The Kier molecular flexibility index (Phi) is 14.0. The van der Waals surface area contributed by atoms with E-state index in [9.17, 15) is 0 Å². The molecule has 0 spiro atoms. The molecular formula is C92H60N8. The van der Waals surface area contributed by atoms with Crippen LogP contribution in [-0.2, 0) is 0 Å². The Labute approximate surface area is 576 Å². The quantitative estimate of drug-likeness (QED) is 0.137. The summed E-state index contributed by atoms with van der Waals surface area (Å²) in [5.74, 6) is 1.42. The van der Waals surface area contributed by atoms with Gasteiger partial charge in [0, 0.05) is 100 Å². The van der Waals surface area contributed by atoms with Gasteiger partial charge in [-0.25, -0.2) is 19.9 Å². The number of para-hydroxylation sites is 6. The van der Waals surface area contributed by atoms with Crippen LogP contribution in [0.1, 0.15) is 0 Å². The van der Waals surface area contributed by atoms with Crippen LogP contribution in [0, 0.1) is 0 Å². The number of fused-ring (bicyclic) bond motifs is 10. The first-order valence-corrected chi connectivity index (χ1v) is 33.8. The molecule has 8 heteroatoms. The molecule has 0 aliphatic carbocycles. The normalized spacial score (nSPS) is 11.6. The van der Waals surface area contributed by atoms with Crippen molar-refractivity contribution in [3.63, 3.8) is 0 Å². The summed E-state index contributed by atoms with van der Waals surface area (Å²) >= 11 is 0. The lowest BCUT2D eigenvalue weighted by Crippen LogP contribution is -1.97. The Balaban J connectivity index is 0.000000139. The van der Waals surface area contributed by atoms with E-state index in [-0.39, 0.29) is 0 Å². The summed E-state index contributed by atoms with van der Waals surface area (Å²) in [6.45, 7) is 0. The van der Waals surface area contributed by atoms with Crippen LogP contribution in [0.5, 0.6) is 0 Å². The maximum atomic E-state index is 5.21. The maximum Gasteiger partial charge on any atom is 0.160 e. The average molecular weight is 1280 g/mol. The molecule has 0 aliphatic rings. The molecule has 468 valence electrons. The highest BCUT2D eigenvalue weighted by Gasteiger charge is 2.20. The van der Waals surface area contributed by atoms with Gasteiger partial charge in [0.2, 0.25) is 0 Å². The lowest BCUT2D eigenvalue weighted by molar-refractivity contribution is 1.12. The van der Waals surface area contributed by atoms with Crippen LogP contribution in [-0.4, -0.2) is 38.2 Å². The number of hydrogen-bond acceptors (Lipinski definition) is 4. The van der Waals surface area contributed by atoms with Crippen molar-refractivity contribution in [3.05, 3.63) is 364 Å². The van der Waals surface area contributed by atoms with Gasteiger partial charge in [-0.3, -0.25) is 0 Å². The van der Waals surface area contributed by atoms with E-state index >= 15 is 0 Å². The first-order valence-electron chi connectivity index (χ1n) is 33.8. The third kappa shape index (κ3) is 10.2. The zero-order valence-corrected chi connectivity index (χ0v) is 54.2. The summed E-state index contributed by atoms with van der Waals surface area (Å²) in [5.41, 5.74) is 24.1. The molecular weight excluding hydrogens is 1220 g/mol. The zero-order chi connectivity index (χ0) is 66.0. The third-order valence-electron chi connectivity index (χ3n) is 19.5. The number of nitrogens with zero attached hydrogens (tertiary/aromatic N) is 8. The van der Waals surface area contributed by atoms with Gasteiger partial charge in [-0.1, -0.05) is 212 Å². The minimum absolute atomic E-state index is 0.708. The molecule has 0 atom stereocenters. The molecule has 20 aromatic rings. The van der Waals surface area contributed by atoms with Gasteiger partial charge in [-0.15, -0.1) is 0 Å². The highest BCUT2D eigenvalue weighted by Crippen LogP contribution is 2.40. The fourth-order valence-corrected chi connectivity index (χ4v) is 14.7. The van der Waals surface area contributed by atoms with Gasteiger partial charge in [-0.2, -0.15) is 0 Å². The molecule has 0 bridgehead atoms. The van der Waals surface area contributed by atoms with E-state index in [4.69, 9.17) is 19.9 Å². The average Bonchev–Trinajstić information content (AvgIpc) is 1.56. The van der Waals surface area contributed by atoms with E-state index in [1.54, 1.807) is 0 Å². The molecule has 0 N–H and O–H groups in total. The smallest absolute Gasteiger partial charge is 0.160 e. The highest BCUT2D eigenvalue weighted by molar-refractivity contribution is 6.15. The summed E-state index contributed by atoms with van der Waals surface area (Å²) < 4.78 is 9.28. The van der Waals surface area contributed by atoms with Crippen molar-refractivity contribution in [1.82, 2.24) is 38.2 Å². The molecule has 6 aromatic heterocycles. The van der Waals surface area contributed by atoms with Crippen LogP contribution in [0.15, 0.2) is 364 Å². The summed E-state index contributed by atoms with van der Waals surface area (Å²) in [6, 6.07) is 124. The molecule has 20 rings (SSSR count). The van der Waals surface area contributed by atoms with Crippen molar-refractivity contribution in [2.75, 3.05) is 0 Å². The predicted molar refractivity (Wildman–Crippen MR) is 414 cm³/mol. The maximum absolute atomic E-state index is 5.21. The second-order valence-electron chi connectivity index (χ2n) is 25.4. The van der Waals surface area contributed by atoms with Crippen LogP contribution in [0.3, 0.4) is 0 Å². The van der Waals surface area contributed by atoms with Crippen molar-refractivity contribution in [2.45, 2.75) is 0 Å². The Hall–Kier alpha value is -13.6. The van der Waals surface area contributed by atoms with Crippen molar-refractivity contribution in [1.29, 1.82) is 0 Å². The minimum Gasteiger partial charge on any atom is -0.316 e. The Morgan fingerprint density at radius 1 is 0.190 bits per heavy atom. The number of hydrogen-bond donors (Lipinski definition) is 0. The molecule has 0 saturated carbocycles. The van der Waals surface area contributed by atoms with Crippen molar-refractivity contribution >= 4 is 87.2 Å². The molecule has 0 fully saturated rings. The standard InChI is InChI=1S/2C46H30N4/c1-3-12-31(13-4-1)33-14-11-15-35(28-33)45-39-19-7-9-20-41(39)47-46(48-45)32-22-24-37(25-23-32)50-42-21-10-8-18-38(42)40-29-34-26-27-49(43(34)30-44(40)50)36-16-5-2-6-17-36;1-3-11-31(12-4-1)32-19-21-33(22-20-32)45-39-16-7-9-17-41(39)47-46(48-45)34-23-25-37(26-24-34)50-42-18-10-8-15-38(42)40-29-35-27-28-49(43(35)30-44(40)50)36-13-5-2-6-14-36/h2*1-30H. The van der Waals surface area contributed by atoms with Gasteiger partial charge < -0.3 is 18.3 Å². The molecule has 100 heavy (non-hydrogen) atoms. The topological polar surface area (TPSA) is 71.3 Å². The van der Waals surface area contributed by atoms with Crippen molar-refractivity contribution < 1.29 is 0 Å². The molecule has 8 nitrogen and oxygen atoms in total. The number of rotatable bonds is 10. The Morgan fingerprint density at radius 3 is 1.03 bits per heavy atom. The van der Waals surface area contributed by atoms with Gasteiger partial charge in [0.25, 0.3) is 0 Å². The zero-order valence-electron chi connectivity index (χ0n) is 54.2. The van der Waals surface area contributed by atoms with E-state index in [2.05, 4.69) is 358 Å². The first-order chi connectivity index (χ1) is 49.6. The molecule has 14 aromatic carbocycles. The van der Waals surface area contributed by atoms with Crippen molar-refractivity contribution in [2.24, 2.45) is 0 Å². The fraction of sp³-hybridized carbons (Fsp3) is 0. The van der Waals surface area contributed by atoms with Crippen LogP contribution in [0.4, 0.5) is 0 Å². The fourth-order valence-electron chi connectivity index (χ4n) is 14.7. The third-order valence-corrected chi connectivity index (χ3v) is 19.5. The molecule has 0 saturated heterocycles. The molecule has 0 unspecified atom stereocenters. The number of benzene rings is 14. The second kappa shape index (κ2) is 24.3. The largest absolute Gasteiger partial charge is 0.316 e. The summed E-state index contributed by atoms with van der Waals surface area (Å²) in [4.78, 5) is 20.5. The van der Waals surface area contributed by atoms with Gasteiger partial charge in [0.05, 0.1) is 55.5 Å². The van der Waals surface area contributed by atoms with Gasteiger partial charge in [0.15, 0.2) is 11.6 Å². The van der Waals surface area contributed by atoms with Crippen LogP contribution >= 0.6 is 0 Å². The lowest BCUT2D eigenvalue weighted by Gasteiger charge is -2.12. The van der Waals surface area contributed by atoms with E-state index in [1.165, 1.54) is 82.1 Å².